The van der Waals surface area contributed by atoms with Crippen molar-refractivity contribution in [1.82, 2.24) is 9.97 Å². The molecule has 5 atom stereocenters. The van der Waals surface area contributed by atoms with Crippen LogP contribution in [0, 0.1) is 23.6 Å². The number of nitrogens with zero attached hydrogens (tertiary/aromatic N) is 2. The molecule has 1 amide bonds. The fourth-order valence-electron chi connectivity index (χ4n) is 5.76. The summed E-state index contributed by atoms with van der Waals surface area (Å²) in [5.74, 6) is 1.12. The van der Waals surface area contributed by atoms with E-state index in [0.717, 1.165) is 36.6 Å². The SMILES string of the molecule is CC(N)(C(=O)Nc1ccc(Cl)nc1)C1C[C@H]2CC(c3ccnc4ccc(F)cc34)C[C@H]2C1. The molecule has 0 aliphatic heterocycles. The van der Waals surface area contributed by atoms with E-state index in [1.165, 1.54) is 17.8 Å². The van der Waals surface area contributed by atoms with E-state index in [1.807, 2.05) is 19.2 Å². The van der Waals surface area contributed by atoms with Crippen LogP contribution in [0.2, 0.25) is 5.15 Å². The third-order valence-corrected chi connectivity index (χ3v) is 7.74. The number of hydrogen-bond acceptors (Lipinski definition) is 4. The van der Waals surface area contributed by atoms with E-state index < -0.39 is 5.54 Å². The number of halogens is 2. The molecule has 3 unspecified atom stereocenters. The highest BCUT2D eigenvalue weighted by Crippen LogP contribution is 2.55. The molecular weight excluding hydrogens is 427 g/mol. The maximum absolute atomic E-state index is 13.9. The van der Waals surface area contributed by atoms with Gasteiger partial charge in [0.05, 0.1) is 22.9 Å². The fraction of sp³-hybridized carbons (Fsp3) is 0.400. The van der Waals surface area contributed by atoms with Crippen LogP contribution >= 0.6 is 11.6 Å². The lowest BCUT2D eigenvalue weighted by atomic mass is 9.81. The molecule has 1 aromatic carbocycles. The molecule has 2 aliphatic carbocycles. The van der Waals surface area contributed by atoms with Gasteiger partial charge in [0.25, 0.3) is 0 Å². The molecule has 2 heterocycles. The van der Waals surface area contributed by atoms with Crippen molar-refractivity contribution in [2.24, 2.45) is 23.5 Å². The van der Waals surface area contributed by atoms with Gasteiger partial charge in [0.1, 0.15) is 11.0 Å². The minimum absolute atomic E-state index is 0.116. The Morgan fingerprint density at radius 1 is 1.12 bits per heavy atom. The average Bonchev–Trinajstić information content (AvgIpc) is 3.34. The molecule has 3 N–H and O–H groups in total. The molecule has 2 saturated carbocycles. The number of rotatable bonds is 4. The van der Waals surface area contributed by atoms with E-state index >= 15 is 0 Å². The van der Waals surface area contributed by atoms with Crippen molar-refractivity contribution in [1.29, 1.82) is 0 Å². The lowest BCUT2D eigenvalue weighted by Gasteiger charge is -2.31. The molecule has 0 bridgehead atoms. The monoisotopic (exact) mass is 452 g/mol. The first kappa shape index (κ1) is 21.3. The number of aromatic nitrogens is 2. The molecule has 166 valence electrons. The maximum Gasteiger partial charge on any atom is 0.244 e. The number of amides is 1. The summed E-state index contributed by atoms with van der Waals surface area (Å²) in [7, 11) is 0. The number of nitrogens with one attached hydrogen (secondary N) is 1. The van der Waals surface area contributed by atoms with Gasteiger partial charge in [-0.15, -0.1) is 0 Å². The van der Waals surface area contributed by atoms with Crippen molar-refractivity contribution in [3.8, 4) is 0 Å². The molecule has 0 spiro atoms. The Bertz CT molecular complexity index is 1150. The summed E-state index contributed by atoms with van der Waals surface area (Å²) in [6.45, 7) is 1.83. The lowest BCUT2D eigenvalue weighted by Crippen LogP contribution is -2.53. The zero-order valence-corrected chi connectivity index (χ0v) is 18.6. The number of anilines is 1. The zero-order chi connectivity index (χ0) is 22.5. The van der Waals surface area contributed by atoms with E-state index in [4.69, 9.17) is 17.3 Å². The van der Waals surface area contributed by atoms with Crippen LogP contribution in [0.25, 0.3) is 10.9 Å². The van der Waals surface area contributed by atoms with Gasteiger partial charge in [-0.25, -0.2) is 9.37 Å². The molecule has 0 radical (unpaired) electrons. The molecule has 0 saturated heterocycles. The van der Waals surface area contributed by atoms with Crippen molar-refractivity contribution >= 4 is 34.1 Å². The Morgan fingerprint density at radius 3 is 2.56 bits per heavy atom. The summed E-state index contributed by atoms with van der Waals surface area (Å²) in [5.41, 5.74) is 8.22. The Hall–Kier alpha value is -2.57. The molecule has 2 aliphatic rings. The van der Waals surface area contributed by atoms with E-state index in [2.05, 4.69) is 15.3 Å². The summed E-state index contributed by atoms with van der Waals surface area (Å²) < 4.78 is 13.9. The number of benzene rings is 1. The highest BCUT2D eigenvalue weighted by molar-refractivity contribution is 6.29. The Balaban J connectivity index is 1.28. The second-order valence-electron chi connectivity index (χ2n) is 9.52. The number of pyridine rings is 2. The second-order valence-corrected chi connectivity index (χ2v) is 9.91. The van der Waals surface area contributed by atoms with Crippen molar-refractivity contribution in [3.63, 3.8) is 0 Å². The quantitative estimate of drug-likeness (QED) is 0.526. The van der Waals surface area contributed by atoms with Gasteiger partial charge in [-0.1, -0.05) is 11.6 Å². The van der Waals surface area contributed by atoms with Gasteiger partial charge < -0.3 is 11.1 Å². The zero-order valence-electron chi connectivity index (χ0n) is 17.9. The van der Waals surface area contributed by atoms with Crippen LogP contribution in [-0.2, 0) is 4.79 Å². The minimum Gasteiger partial charge on any atom is -0.323 e. The Morgan fingerprint density at radius 2 is 1.88 bits per heavy atom. The molecule has 5 rings (SSSR count). The van der Waals surface area contributed by atoms with Crippen LogP contribution in [0.4, 0.5) is 10.1 Å². The van der Waals surface area contributed by atoms with E-state index in [0.29, 0.717) is 28.6 Å². The van der Waals surface area contributed by atoms with Crippen molar-refractivity contribution in [3.05, 3.63) is 65.3 Å². The molecule has 2 fully saturated rings. The molecule has 5 nitrogen and oxygen atoms in total. The van der Waals surface area contributed by atoms with Gasteiger partial charge in [0.2, 0.25) is 5.91 Å². The van der Waals surface area contributed by atoms with Crippen molar-refractivity contribution in [2.45, 2.75) is 44.1 Å². The number of carbonyl (C=O) groups is 1. The first-order valence-electron chi connectivity index (χ1n) is 11.1. The lowest BCUT2D eigenvalue weighted by molar-refractivity contribution is -0.122. The van der Waals surface area contributed by atoms with Crippen LogP contribution in [0.3, 0.4) is 0 Å². The van der Waals surface area contributed by atoms with Gasteiger partial charge >= 0.3 is 0 Å². The first-order valence-corrected chi connectivity index (χ1v) is 11.4. The average molecular weight is 453 g/mol. The predicted molar refractivity (Wildman–Crippen MR) is 124 cm³/mol. The standard InChI is InChI=1S/C25H26ClFN4O/c1-25(28,24(32)31-19-3-5-23(26)30-13-19)17-10-14-8-16(9-15(14)11-17)20-6-7-29-22-4-2-18(27)12-21(20)22/h2-7,12-17H,8-11,28H2,1H3,(H,31,32)/t14-,15+,16?,17?,25?. The maximum atomic E-state index is 13.9. The Kier molecular flexibility index (Phi) is 5.38. The Labute approximate surface area is 191 Å². The van der Waals surface area contributed by atoms with Crippen LogP contribution in [0.1, 0.15) is 44.1 Å². The number of nitrogens with two attached hydrogens (primary N) is 1. The minimum atomic E-state index is -0.966. The highest BCUT2D eigenvalue weighted by Gasteiger charge is 2.49. The smallest absolute Gasteiger partial charge is 0.244 e. The molecule has 32 heavy (non-hydrogen) atoms. The van der Waals surface area contributed by atoms with Crippen LogP contribution in [0.15, 0.2) is 48.8 Å². The largest absolute Gasteiger partial charge is 0.323 e. The van der Waals surface area contributed by atoms with Crippen molar-refractivity contribution < 1.29 is 9.18 Å². The van der Waals surface area contributed by atoms with Gasteiger partial charge in [0, 0.05) is 11.6 Å². The van der Waals surface area contributed by atoms with Crippen molar-refractivity contribution in [2.75, 3.05) is 5.32 Å². The van der Waals surface area contributed by atoms with E-state index in [-0.39, 0.29) is 17.6 Å². The number of carbonyl (C=O) groups excluding carboxylic acids is 1. The molecule has 7 heteroatoms. The highest BCUT2D eigenvalue weighted by atomic mass is 35.5. The summed E-state index contributed by atoms with van der Waals surface area (Å²) in [4.78, 5) is 21.3. The normalized spacial score (nSPS) is 26.6. The van der Waals surface area contributed by atoms with Gasteiger partial charge in [0.15, 0.2) is 0 Å². The molecule has 2 aromatic heterocycles. The second kappa shape index (κ2) is 8.09. The number of hydrogen-bond donors (Lipinski definition) is 2. The van der Waals surface area contributed by atoms with E-state index in [1.54, 1.807) is 24.3 Å². The van der Waals surface area contributed by atoms with Gasteiger partial charge in [-0.2, -0.15) is 0 Å². The third-order valence-electron chi connectivity index (χ3n) is 7.52. The van der Waals surface area contributed by atoms with Crippen LogP contribution in [-0.4, -0.2) is 21.4 Å². The van der Waals surface area contributed by atoms with Crippen LogP contribution < -0.4 is 11.1 Å². The summed E-state index contributed by atoms with van der Waals surface area (Å²) in [6, 6.07) is 10.2. The van der Waals surface area contributed by atoms with E-state index in [9.17, 15) is 9.18 Å². The molecule has 3 aromatic rings. The first-order chi connectivity index (χ1) is 15.3. The van der Waals surface area contributed by atoms with Gasteiger partial charge in [-0.3, -0.25) is 9.78 Å². The summed E-state index contributed by atoms with van der Waals surface area (Å²) in [6.07, 6.45) is 7.28. The van der Waals surface area contributed by atoms with Crippen LogP contribution in [0.5, 0.6) is 0 Å². The fourth-order valence-corrected chi connectivity index (χ4v) is 5.87. The number of fused-ring (bicyclic) bond motifs is 2. The van der Waals surface area contributed by atoms with Gasteiger partial charge in [-0.05, 0) is 98.2 Å². The summed E-state index contributed by atoms with van der Waals surface area (Å²) in [5, 5.41) is 4.17. The predicted octanol–water partition coefficient (Wildman–Crippen LogP) is 5.30. The topological polar surface area (TPSA) is 80.9 Å². The summed E-state index contributed by atoms with van der Waals surface area (Å²) >= 11 is 5.82. The molecular formula is C25H26ClFN4O. The third kappa shape index (κ3) is 3.86.